The van der Waals surface area contributed by atoms with Crippen LogP contribution in [0.3, 0.4) is 0 Å². The Kier molecular flexibility index (Phi) is 7.74. The number of ether oxygens (including phenoxy) is 4. The zero-order valence-electron chi connectivity index (χ0n) is 14.5. The molecule has 8 heteroatoms. The molecule has 0 aliphatic carbocycles. The number of nitrogens with one attached hydrogen (secondary N) is 1. The molecule has 0 aliphatic heterocycles. The monoisotopic (exact) mass is 316 g/mol. The van der Waals surface area contributed by atoms with Crippen LogP contribution in [0.4, 0.5) is 0 Å². The average molecular weight is 316 g/mol. The van der Waals surface area contributed by atoms with Gasteiger partial charge < -0.3 is 24.4 Å². The summed E-state index contributed by atoms with van der Waals surface area (Å²) < 4.78 is 23.2. The molecular weight excluding hydrogens is 288 g/mol. The first-order valence-corrected chi connectivity index (χ1v) is 7.36. The molecular formula is C14H28N4O4. The highest BCUT2D eigenvalue weighted by atomic mass is 16.7. The van der Waals surface area contributed by atoms with Crippen molar-refractivity contribution in [1.82, 2.24) is 14.9 Å². The lowest BCUT2D eigenvalue weighted by Gasteiger charge is -2.28. The summed E-state index contributed by atoms with van der Waals surface area (Å²) >= 11 is 0. The molecule has 3 atom stereocenters. The first-order valence-electron chi connectivity index (χ1n) is 7.36. The Hall–Kier alpha value is -1.22. The third kappa shape index (κ3) is 4.16. The lowest BCUT2D eigenvalue weighted by atomic mass is 10.2. The number of hydrogen-bond acceptors (Lipinski definition) is 7. The van der Waals surface area contributed by atoms with Gasteiger partial charge in [-0.05, 0) is 20.3 Å². The van der Waals surface area contributed by atoms with E-state index in [1.165, 1.54) is 0 Å². The van der Waals surface area contributed by atoms with Gasteiger partial charge in [0.25, 0.3) is 0 Å². The van der Waals surface area contributed by atoms with E-state index in [1.807, 2.05) is 25.4 Å². The zero-order chi connectivity index (χ0) is 16.7. The molecule has 0 amide bonds. The van der Waals surface area contributed by atoms with Crippen molar-refractivity contribution in [3.05, 3.63) is 11.6 Å². The Balaban J connectivity index is 3.14. The molecule has 1 rings (SSSR count). The van der Waals surface area contributed by atoms with Gasteiger partial charge in [0.15, 0.2) is 17.9 Å². The fourth-order valence-electron chi connectivity index (χ4n) is 2.11. The first kappa shape index (κ1) is 18.8. The van der Waals surface area contributed by atoms with Crippen LogP contribution in [-0.2, 0) is 18.9 Å². The summed E-state index contributed by atoms with van der Waals surface area (Å²) in [6, 6.07) is -0.0726. The van der Waals surface area contributed by atoms with Crippen molar-refractivity contribution in [2.45, 2.75) is 51.7 Å². The molecule has 128 valence electrons. The van der Waals surface area contributed by atoms with Crippen LogP contribution in [-0.4, -0.2) is 55.6 Å². The van der Waals surface area contributed by atoms with Crippen molar-refractivity contribution >= 4 is 0 Å². The van der Waals surface area contributed by atoms with E-state index >= 15 is 0 Å². The Morgan fingerprint density at radius 2 is 1.36 bits per heavy atom. The molecule has 0 aromatic carbocycles. The second kappa shape index (κ2) is 9.04. The van der Waals surface area contributed by atoms with Crippen molar-refractivity contribution in [3.63, 3.8) is 0 Å². The fraction of sp³-hybridized carbons (Fsp3) is 0.857. The summed E-state index contributed by atoms with van der Waals surface area (Å²) in [7, 11) is 6.49. The van der Waals surface area contributed by atoms with Gasteiger partial charge in [-0.15, -0.1) is 10.2 Å². The zero-order valence-corrected chi connectivity index (χ0v) is 14.5. The second-order valence-corrected chi connectivity index (χ2v) is 4.99. The van der Waals surface area contributed by atoms with Gasteiger partial charge in [0, 0.05) is 28.4 Å². The maximum absolute atomic E-state index is 5.37. The number of nitrogens with zero attached hydrogens (tertiary/aromatic N) is 3. The molecule has 0 bridgehead atoms. The third-order valence-electron chi connectivity index (χ3n) is 3.68. The quantitative estimate of drug-likeness (QED) is 0.657. The van der Waals surface area contributed by atoms with E-state index in [4.69, 9.17) is 18.9 Å². The normalized spacial score (nSPS) is 15.8. The van der Waals surface area contributed by atoms with Gasteiger partial charge in [0.1, 0.15) is 12.2 Å². The predicted octanol–water partition coefficient (Wildman–Crippen LogP) is 1.63. The van der Waals surface area contributed by atoms with Crippen molar-refractivity contribution < 1.29 is 18.9 Å². The number of hydrogen-bond donors (Lipinski definition) is 1. The minimum atomic E-state index is -0.385. The molecule has 22 heavy (non-hydrogen) atoms. The number of aromatic nitrogens is 3. The molecule has 8 nitrogen and oxygen atoms in total. The molecule has 0 radical (unpaired) electrons. The maximum atomic E-state index is 5.37. The molecule has 1 unspecified atom stereocenters. The van der Waals surface area contributed by atoms with E-state index in [9.17, 15) is 0 Å². The lowest BCUT2D eigenvalue weighted by Crippen LogP contribution is -2.41. The van der Waals surface area contributed by atoms with Crippen LogP contribution in [0.2, 0.25) is 0 Å². The highest BCUT2D eigenvalue weighted by molar-refractivity contribution is 5.06. The average Bonchev–Trinajstić information content (AvgIpc) is 2.96. The molecule has 1 heterocycles. The van der Waals surface area contributed by atoms with Crippen molar-refractivity contribution in [2.75, 3.05) is 33.9 Å². The molecule has 1 N–H and O–H groups in total. The Labute approximate surface area is 132 Å². The third-order valence-corrected chi connectivity index (χ3v) is 3.68. The minimum Gasteiger partial charge on any atom is -0.374 e. The molecule has 0 fully saturated rings. The Bertz CT molecular complexity index is 409. The standard InChI is InChI=1S/C14H28N4O4/c1-8-11(14(21-6)22-7)17-18-12(9(2)19-4)15-16-13(18)10(3)20-5/h9-11,14,17H,8H2,1-7H3/t9-,10-,11?/m0/s1. The van der Waals surface area contributed by atoms with Crippen LogP contribution in [0, 0.1) is 0 Å². The summed E-state index contributed by atoms with van der Waals surface area (Å²) in [6.07, 6.45) is -0.00641. The molecule has 1 aromatic rings. The molecule has 0 spiro atoms. The fourth-order valence-corrected chi connectivity index (χ4v) is 2.11. The summed E-state index contributed by atoms with van der Waals surface area (Å²) in [6.45, 7) is 5.87. The first-order chi connectivity index (χ1) is 10.5. The van der Waals surface area contributed by atoms with E-state index in [1.54, 1.807) is 28.4 Å². The second-order valence-electron chi connectivity index (χ2n) is 4.99. The van der Waals surface area contributed by atoms with Crippen molar-refractivity contribution in [3.8, 4) is 0 Å². The van der Waals surface area contributed by atoms with E-state index < -0.39 is 0 Å². The van der Waals surface area contributed by atoms with Gasteiger partial charge >= 0.3 is 0 Å². The van der Waals surface area contributed by atoms with Crippen LogP contribution >= 0.6 is 0 Å². The van der Waals surface area contributed by atoms with Crippen LogP contribution in [0.5, 0.6) is 0 Å². The lowest BCUT2D eigenvalue weighted by molar-refractivity contribution is -0.114. The summed E-state index contributed by atoms with van der Waals surface area (Å²) in [4.78, 5) is 0. The number of rotatable bonds is 10. The molecule has 0 saturated carbocycles. The molecule has 0 saturated heterocycles. The highest BCUT2D eigenvalue weighted by Crippen LogP contribution is 2.20. The van der Waals surface area contributed by atoms with Gasteiger partial charge in [0.05, 0.1) is 6.04 Å². The Morgan fingerprint density at radius 1 is 0.909 bits per heavy atom. The van der Waals surface area contributed by atoms with Crippen LogP contribution in [0.15, 0.2) is 0 Å². The minimum absolute atomic E-state index is 0.0726. The van der Waals surface area contributed by atoms with E-state index in [2.05, 4.69) is 15.6 Å². The van der Waals surface area contributed by atoms with Crippen molar-refractivity contribution in [2.24, 2.45) is 0 Å². The summed E-state index contributed by atoms with van der Waals surface area (Å²) in [5.74, 6) is 1.34. The van der Waals surface area contributed by atoms with Crippen LogP contribution in [0.25, 0.3) is 0 Å². The summed E-state index contributed by atoms with van der Waals surface area (Å²) in [5.41, 5.74) is 3.36. The molecule has 0 aliphatic rings. The van der Waals surface area contributed by atoms with E-state index in [0.717, 1.165) is 6.42 Å². The SMILES string of the molecule is CCC(Nn1c([C@H](C)OC)nnc1[C@H](C)OC)C(OC)OC. The smallest absolute Gasteiger partial charge is 0.180 e. The van der Waals surface area contributed by atoms with Gasteiger partial charge in [-0.2, -0.15) is 0 Å². The van der Waals surface area contributed by atoms with Crippen LogP contribution in [0.1, 0.15) is 51.0 Å². The van der Waals surface area contributed by atoms with Gasteiger partial charge in [-0.25, -0.2) is 4.68 Å². The van der Waals surface area contributed by atoms with Gasteiger partial charge in [0.2, 0.25) is 0 Å². The highest BCUT2D eigenvalue weighted by Gasteiger charge is 2.26. The number of methoxy groups -OCH3 is 4. The Morgan fingerprint density at radius 3 is 1.68 bits per heavy atom. The maximum Gasteiger partial charge on any atom is 0.180 e. The largest absolute Gasteiger partial charge is 0.374 e. The van der Waals surface area contributed by atoms with Gasteiger partial charge in [-0.1, -0.05) is 6.92 Å². The van der Waals surface area contributed by atoms with Crippen molar-refractivity contribution in [1.29, 1.82) is 0 Å². The van der Waals surface area contributed by atoms with Gasteiger partial charge in [-0.3, -0.25) is 0 Å². The van der Waals surface area contributed by atoms with Crippen LogP contribution < -0.4 is 5.43 Å². The molecule has 1 aromatic heterocycles. The topological polar surface area (TPSA) is 79.7 Å². The van der Waals surface area contributed by atoms with E-state index in [-0.39, 0.29) is 24.5 Å². The predicted molar refractivity (Wildman–Crippen MR) is 82.1 cm³/mol. The summed E-state index contributed by atoms with van der Waals surface area (Å²) in [5, 5.41) is 8.44. The van der Waals surface area contributed by atoms with E-state index in [0.29, 0.717) is 11.6 Å².